The van der Waals surface area contributed by atoms with E-state index < -0.39 is 0 Å². The van der Waals surface area contributed by atoms with Gasteiger partial charge in [0.25, 0.3) is 0 Å². The van der Waals surface area contributed by atoms with Crippen LogP contribution in [0.2, 0.25) is 5.02 Å². The SMILES string of the molecule is COC(=O)CC(C)(C)Cc1nc(-c2cc(Cl)ccc2OC)no1. The zero-order chi connectivity index (χ0) is 17.0. The van der Waals surface area contributed by atoms with Gasteiger partial charge in [-0.1, -0.05) is 30.6 Å². The fraction of sp³-hybridized carbons (Fsp3) is 0.438. The van der Waals surface area contributed by atoms with Crippen LogP contribution in [0.1, 0.15) is 26.2 Å². The van der Waals surface area contributed by atoms with Crippen LogP contribution in [0.3, 0.4) is 0 Å². The molecule has 124 valence electrons. The molecule has 0 aliphatic heterocycles. The monoisotopic (exact) mass is 338 g/mol. The summed E-state index contributed by atoms with van der Waals surface area (Å²) < 4.78 is 15.3. The molecule has 23 heavy (non-hydrogen) atoms. The van der Waals surface area contributed by atoms with Crippen molar-refractivity contribution >= 4 is 17.6 Å². The summed E-state index contributed by atoms with van der Waals surface area (Å²) in [5.74, 6) is 1.17. The summed E-state index contributed by atoms with van der Waals surface area (Å²) in [7, 11) is 2.93. The van der Waals surface area contributed by atoms with E-state index in [1.54, 1.807) is 25.3 Å². The molecule has 0 atom stereocenters. The van der Waals surface area contributed by atoms with Crippen molar-refractivity contribution in [3.05, 3.63) is 29.1 Å². The van der Waals surface area contributed by atoms with Gasteiger partial charge in [-0.05, 0) is 23.6 Å². The lowest BCUT2D eigenvalue weighted by molar-refractivity contribution is -0.142. The summed E-state index contributed by atoms with van der Waals surface area (Å²) in [4.78, 5) is 15.8. The summed E-state index contributed by atoms with van der Waals surface area (Å²) in [5.41, 5.74) is 0.302. The predicted octanol–water partition coefficient (Wildman–Crippen LogP) is 3.53. The van der Waals surface area contributed by atoms with Crippen LogP contribution in [0.15, 0.2) is 22.7 Å². The summed E-state index contributed by atoms with van der Waals surface area (Å²) in [6.07, 6.45) is 0.722. The molecule has 2 aromatic rings. The van der Waals surface area contributed by atoms with Crippen LogP contribution in [0.25, 0.3) is 11.4 Å². The normalized spacial score (nSPS) is 11.3. The second-order valence-electron chi connectivity index (χ2n) is 5.95. The highest BCUT2D eigenvalue weighted by Gasteiger charge is 2.26. The van der Waals surface area contributed by atoms with Crippen molar-refractivity contribution in [2.75, 3.05) is 14.2 Å². The maximum atomic E-state index is 11.4. The number of carbonyl (C=O) groups is 1. The Morgan fingerprint density at radius 2 is 2.09 bits per heavy atom. The quantitative estimate of drug-likeness (QED) is 0.750. The van der Waals surface area contributed by atoms with Gasteiger partial charge in [-0.15, -0.1) is 0 Å². The number of hydrogen-bond donors (Lipinski definition) is 0. The maximum Gasteiger partial charge on any atom is 0.306 e. The highest BCUT2D eigenvalue weighted by molar-refractivity contribution is 6.30. The fourth-order valence-corrected chi connectivity index (χ4v) is 2.40. The summed E-state index contributed by atoms with van der Waals surface area (Å²) in [6.45, 7) is 3.88. The topological polar surface area (TPSA) is 74.5 Å². The molecule has 0 saturated heterocycles. The average Bonchev–Trinajstić information content (AvgIpc) is 2.94. The second kappa shape index (κ2) is 7.00. The Hall–Kier alpha value is -2.08. The molecule has 0 bridgehead atoms. The Labute approximate surface area is 139 Å². The first-order chi connectivity index (χ1) is 10.8. The molecule has 6 nitrogen and oxygen atoms in total. The fourth-order valence-electron chi connectivity index (χ4n) is 2.23. The van der Waals surface area contributed by atoms with Crippen LogP contribution in [-0.2, 0) is 16.0 Å². The minimum Gasteiger partial charge on any atom is -0.496 e. The van der Waals surface area contributed by atoms with Crippen LogP contribution in [0, 0.1) is 5.41 Å². The van der Waals surface area contributed by atoms with Gasteiger partial charge in [0.05, 0.1) is 26.2 Å². The molecule has 0 saturated carbocycles. The third-order valence-corrected chi connectivity index (χ3v) is 3.59. The van der Waals surface area contributed by atoms with E-state index in [9.17, 15) is 4.79 Å². The van der Waals surface area contributed by atoms with Gasteiger partial charge in [0.15, 0.2) is 0 Å². The molecular weight excluding hydrogens is 320 g/mol. The van der Waals surface area contributed by atoms with Gasteiger partial charge in [-0.3, -0.25) is 4.79 Å². The molecule has 0 amide bonds. The number of carbonyl (C=O) groups excluding carboxylic acids is 1. The van der Waals surface area contributed by atoms with Gasteiger partial charge < -0.3 is 14.0 Å². The smallest absolute Gasteiger partial charge is 0.306 e. The van der Waals surface area contributed by atoms with E-state index in [2.05, 4.69) is 10.1 Å². The molecule has 0 aliphatic carbocycles. The molecule has 1 aromatic carbocycles. The Morgan fingerprint density at radius 1 is 1.35 bits per heavy atom. The number of benzene rings is 1. The molecule has 0 N–H and O–H groups in total. The van der Waals surface area contributed by atoms with E-state index in [1.165, 1.54) is 7.11 Å². The van der Waals surface area contributed by atoms with Gasteiger partial charge in [0.2, 0.25) is 11.7 Å². The molecule has 0 fully saturated rings. The number of ether oxygens (including phenoxy) is 2. The van der Waals surface area contributed by atoms with Crippen LogP contribution >= 0.6 is 11.6 Å². The van der Waals surface area contributed by atoms with Crippen molar-refractivity contribution in [2.24, 2.45) is 5.41 Å². The van der Waals surface area contributed by atoms with Gasteiger partial charge >= 0.3 is 5.97 Å². The van der Waals surface area contributed by atoms with E-state index in [1.807, 2.05) is 13.8 Å². The van der Waals surface area contributed by atoms with Crippen molar-refractivity contribution in [2.45, 2.75) is 26.7 Å². The second-order valence-corrected chi connectivity index (χ2v) is 6.39. The standard InChI is InChI=1S/C16H19ClN2O4/c1-16(2,9-14(20)22-4)8-13-18-15(19-23-13)11-7-10(17)5-6-12(11)21-3/h5-7H,8-9H2,1-4H3. The van der Waals surface area contributed by atoms with Crippen LogP contribution in [-0.4, -0.2) is 30.3 Å². The van der Waals surface area contributed by atoms with E-state index in [-0.39, 0.29) is 17.8 Å². The Kier molecular flexibility index (Phi) is 5.26. The first-order valence-electron chi connectivity index (χ1n) is 7.08. The van der Waals surface area contributed by atoms with E-state index in [0.717, 1.165) is 0 Å². The first kappa shape index (κ1) is 17.3. The minimum absolute atomic E-state index is 0.266. The highest BCUT2D eigenvalue weighted by Crippen LogP contribution is 2.32. The number of nitrogens with zero attached hydrogens (tertiary/aromatic N) is 2. The first-order valence-corrected chi connectivity index (χ1v) is 7.46. The largest absolute Gasteiger partial charge is 0.496 e. The van der Waals surface area contributed by atoms with Gasteiger partial charge in [-0.2, -0.15) is 4.98 Å². The third kappa shape index (κ3) is 4.45. The molecule has 2 rings (SSSR count). The molecule has 0 spiro atoms. The minimum atomic E-state index is -0.352. The molecule has 1 heterocycles. The lowest BCUT2D eigenvalue weighted by Gasteiger charge is -2.20. The third-order valence-electron chi connectivity index (χ3n) is 3.35. The van der Waals surface area contributed by atoms with Crippen molar-refractivity contribution in [1.29, 1.82) is 0 Å². The maximum absolute atomic E-state index is 11.4. The van der Waals surface area contributed by atoms with Crippen molar-refractivity contribution < 1.29 is 18.8 Å². The Balaban J connectivity index is 2.21. The number of aromatic nitrogens is 2. The van der Waals surface area contributed by atoms with E-state index >= 15 is 0 Å². The lowest BCUT2D eigenvalue weighted by atomic mass is 9.86. The summed E-state index contributed by atoms with van der Waals surface area (Å²) in [6, 6.07) is 5.19. The van der Waals surface area contributed by atoms with E-state index in [4.69, 9.17) is 25.6 Å². The zero-order valence-corrected chi connectivity index (χ0v) is 14.3. The highest BCUT2D eigenvalue weighted by atomic mass is 35.5. The van der Waals surface area contributed by atoms with Crippen molar-refractivity contribution in [3.63, 3.8) is 0 Å². The Bertz CT molecular complexity index is 697. The van der Waals surface area contributed by atoms with Crippen LogP contribution < -0.4 is 4.74 Å². The number of halogens is 1. The van der Waals surface area contributed by atoms with Crippen LogP contribution in [0.4, 0.5) is 0 Å². The van der Waals surface area contributed by atoms with Crippen LogP contribution in [0.5, 0.6) is 5.75 Å². The molecule has 7 heteroatoms. The summed E-state index contributed by atoms with van der Waals surface area (Å²) >= 11 is 6.02. The predicted molar refractivity (Wildman–Crippen MR) is 85.4 cm³/mol. The molecular formula is C16H19ClN2O4. The van der Waals surface area contributed by atoms with Gasteiger partial charge in [0.1, 0.15) is 5.75 Å². The molecule has 0 radical (unpaired) electrons. The summed E-state index contributed by atoms with van der Waals surface area (Å²) in [5, 5.41) is 4.53. The average molecular weight is 339 g/mol. The van der Waals surface area contributed by atoms with E-state index in [0.29, 0.717) is 34.5 Å². The number of rotatable bonds is 6. The van der Waals surface area contributed by atoms with Gasteiger partial charge in [-0.25, -0.2) is 0 Å². The lowest BCUT2D eigenvalue weighted by Crippen LogP contribution is -2.20. The molecule has 1 aromatic heterocycles. The van der Waals surface area contributed by atoms with Gasteiger partial charge in [0, 0.05) is 11.4 Å². The number of hydrogen-bond acceptors (Lipinski definition) is 6. The van der Waals surface area contributed by atoms with Crippen molar-refractivity contribution in [1.82, 2.24) is 10.1 Å². The number of esters is 1. The number of methoxy groups -OCH3 is 2. The molecule has 0 aliphatic rings. The Morgan fingerprint density at radius 3 is 2.74 bits per heavy atom. The van der Waals surface area contributed by atoms with Crippen molar-refractivity contribution in [3.8, 4) is 17.1 Å². The molecule has 0 unspecified atom stereocenters. The zero-order valence-electron chi connectivity index (χ0n) is 13.6.